The van der Waals surface area contributed by atoms with E-state index in [1.54, 1.807) is 13.1 Å². The quantitative estimate of drug-likeness (QED) is 0.799. The maximum atomic E-state index is 12.3. The van der Waals surface area contributed by atoms with Gasteiger partial charge < -0.3 is 5.32 Å². The highest BCUT2D eigenvalue weighted by Crippen LogP contribution is 2.11. The molecule has 2 heterocycles. The topological polar surface area (TPSA) is 68.9 Å². The van der Waals surface area contributed by atoms with E-state index >= 15 is 0 Å². The van der Waals surface area contributed by atoms with Crippen LogP contribution in [0.3, 0.4) is 0 Å². The number of imidazole rings is 1. The molecule has 1 N–H and O–H groups in total. The smallest absolute Gasteiger partial charge is 0.309 e. The third-order valence-electron chi connectivity index (χ3n) is 3.51. The summed E-state index contributed by atoms with van der Waals surface area (Å²) < 4.78 is 2.99. The molecule has 1 amide bonds. The van der Waals surface area contributed by atoms with Gasteiger partial charge in [0.15, 0.2) is 0 Å². The molecular weight excluding hydrogens is 280 g/mol. The van der Waals surface area contributed by atoms with Crippen LogP contribution in [-0.2, 0) is 18.4 Å². The zero-order valence-corrected chi connectivity index (χ0v) is 12.4. The number of carbonyl (C=O) groups is 1. The Kier molecular flexibility index (Phi) is 3.50. The number of aryl methyl sites for hydroxylation is 2. The van der Waals surface area contributed by atoms with Gasteiger partial charge in [-0.2, -0.15) is 0 Å². The number of hydrogen-bond acceptors (Lipinski definition) is 3. The van der Waals surface area contributed by atoms with Crippen LogP contribution in [0.5, 0.6) is 0 Å². The van der Waals surface area contributed by atoms with Gasteiger partial charge in [0.25, 0.3) is 0 Å². The maximum Gasteiger partial charge on any atom is 0.329 e. The first-order valence-electron chi connectivity index (χ1n) is 6.94. The fraction of sp³-hybridized carbons (Fsp3) is 0.188. The Morgan fingerprint density at radius 2 is 1.86 bits per heavy atom. The van der Waals surface area contributed by atoms with E-state index in [1.165, 1.54) is 9.13 Å². The van der Waals surface area contributed by atoms with Crippen molar-refractivity contribution in [3.8, 4) is 0 Å². The normalized spacial score (nSPS) is 10.8. The summed E-state index contributed by atoms with van der Waals surface area (Å²) in [6, 6.07) is 12.8. The second-order valence-electron chi connectivity index (χ2n) is 5.13. The fourth-order valence-electron chi connectivity index (χ4n) is 2.45. The van der Waals surface area contributed by atoms with Crippen LogP contribution < -0.4 is 11.0 Å². The Labute approximate surface area is 127 Å². The lowest BCUT2D eigenvalue weighted by Gasteiger charge is -2.06. The van der Waals surface area contributed by atoms with Crippen molar-refractivity contribution < 1.29 is 4.79 Å². The molecule has 3 rings (SSSR count). The SMILES string of the molecule is Cc1cccc(NC(=O)Cn2c(=O)n(C)c3ccccc32)n1. The van der Waals surface area contributed by atoms with Crippen molar-refractivity contribution in [2.45, 2.75) is 13.5 Å². The van der Waals surface area contributed by atoms with Crippen LogP contribution in [-0.4, -0.2) is 20.0 Å². The highest BCUT2D eigenvalue weighted by atomic mass is 16.2. The third-order valence-corrected chi connectivity index (χ3v) is 3.51. The predicted molar refractivity (Wildman–Crippen MR) is 84.8 cm³/mol. The predicted octanol–water partition coefficient (Wildman–Crippen LogP) is 1.68. The number of hydrogen-bond donors (Lipinski definition) is 1. The number of rotatable bonds is 3. The Balaban J connectivity index is 1.89. The second kappa shape index (κ2) is 5.48. The van der Waals surface area contributed by atoms with Crippen LogP contribution in [0, 0.1) is 6.92 Å². The van der Waals surface area contributed by atoms with Gasteiger partial charge >= 0.3 is 5.69 Å². The second-order valence-corrected chi connectivity index (χ2v) is 5.13. The van der Waals surface area contributed by atoms with E-state index in [9.17, 15) is 9.59 Å². The minimum Gasteiger partial charge on any atom is -0.309 e. The molecule has 0 aliphatic heterocycles. The zero-order valence-electron chi connectivity index (χ0n) is 12.4. The van der Waals surface area contributed by atoms with Crippen molar-refractivity contribution in [3.05, 3.63) is 58.6 Å². The van der Waals surface area contributed by atoms with Gasteiger partial charge in [-0.25, -0.2) is 9.78 Å². The van der Waals surface area contributed by atoms with Crippen molar-refractivity contribution in [1.29, 1.82) is 0 Å². The molecule has 0 saturated carbocycles. The van der Waals surface area contributed by atoms with E-state index in [2.05, 4.69) is 10.3 Å². The number of nitrogens with one attached hydrogen (secondary N) is 1. The first-order chi connectivity index (χ1) is 10.6. The van der Waals surface area contributed by atoms with E-state index in [0.717, 1.165) is 16.7 Å². The summed E-state index contributed by atoms with van der Waals surface area (Å²) in [5.41, 5.74) is 2.14. The van der Waals surface area contributed by atoms with E-state index in [-0.39, 0.29) is 18.1 Å². The molecule has 0 atom stereocenters. The molecule has 0 aliphatic carbocycles. The molecule has 0 fully saturated rings. The molecule has 6 heteroatoms. The van der Waals surface area contributed by atoms with Gasteiger partial charge in [0.2, 0.25) is 5.91 Å². The molecule has 3 aromatic rings. The molecule has 0 unspecified atom stereocenters. The lowest BCUT2D eigenvalue weighted by molar-refractivity contribution is -0.116. The molecule has 0 saturated heterocycles. The van der Waals surface area contributed by atoms with Gasteiger partial charge in [-0.3, -0.25) is 13.9 Å². The van der Waals surface area contributed by atoms with Crippen LogP contribution >= 0.6 is 0 Å². The van der Waals surface area contributed by atoms with Gasteiger partial charge in [0.05, 0.1) is 11.0 Å². The zero-order chi connectivity index (χ0) is 15.7. The Morgan fingerprint density at radius 3 is 2.59 bits per heavy atom. The van der Waals surface area contributed by atoms with Gasteiger partial charge in [-0.1, -0.05) is 18.2 Å². The number of benzene rings is 1. The molecule has 112 valence electrons. The monoisotopic (exact) mass is 296 g/mol. The Morgan fingerprint density at radius 1 is 1.14 bits per heavy atom. The average molecular weight is 296 g/mol. The molecular formula is C16H16N4O2. The summed E-state index contributed by atoms with van der Waals surface area (Å²) in [5, 5.41) is 2.71. The number of carbonyl (C=O) groups excluding carboxylic acids is 1. The summed E-state index contributed by atoms with van der Waals surface area (Å²) in [5.74, 6) is 0.204. The summed E-state index contributed by atoms with van der Waals surface area (Å²) in [4.78, 5) is 28.7. The van der Waals surface area contributed by atoms with Gasteiger partial charge in [0, 0.05) is 12.7 Å². The summed E-state index contributed by atoms with van der Waals surface area (Å²) in [7, 11) is 1.70. The average Bonchev–Trinajstić information content (AvgIpc) is 2.73. The molecule has 0 spiro atoms. The number of aromatic nitrogens is 3. The molecule has 6 nitrogen and oxygen atoms in total. The van der Waals surface area contributed by atoms with Gasteiger partial charge in [0.1, 0.15) is 12.4 Å². The van der Waals surface area contributed by atoms with Crippen LogP contribution in [0.25, 0.3) is 11.0 Å². The summed E-state index contributed by atoms with van der Waals surface area (Å²) >= 11 is 0. The number of amides is 1. The van der Waals surface area contributed by atoms with E-state index in [0.29, 0.717) is 5.82 Å². The van der Waals surface area contributed by atoms with Gasteiger partial charge in [-0.15, -0.1) is 0 Å². The lowest BCUT2D eigenvalue weighted by Crippen LogP contribution is -2.28. The molecule has 1 aromatic carbocycles. The number of nitrogens with zero attached hydrogens (tertiary/aromatic N) is 3. The van der Waals surface area contributed by atoms with Crippen molar-refractivity contribution in [1.82, 2.24) is 14.1 Å². The van der Waals surface area contributed by atoms with Crippen molar-refractivity contribution in [2.75, 3.05) is 5.32 Å². The number of pyridine rings is 1. The van der Waals surface area contributed by atoms with Crippen molar-refractivity contribution in [3.63, 3.8) is 0 Å². The van der Waals surface area contributed by atoms with Crippen molar-refractivity contribution in [2.24, 2.45) is 7.05 Å². The maximum absolute atomic E-state index is 12.3. The molecule has 0 bridgehead atoms. The van der Waals surface area contributed by atoms with Crippen LogP contribution in [0.2, 0.25) is 0 Å². The van der Waals surface area contributed by atoms with E-state index in [4.69, 9.17) is 0 Å². The number of para-hydroxylation sites is 2. The summed E-state index contributed by atoms with van der Waals surface area (Å²) in [6.45, 7) is 1.81. The van der Waals surface area contributed by atoms with E-state index < -0.39 is 0 Å². The highest BCUT2D eigenvalue weighted by molar-refractivity contribution is 5.90. The first-order valence-corrected chi connectivity index (χ1v) is 6.94. The van der Waals surface area contributed by atoms with Gasteiger partial charge in [-0.05, 0) is 31.2 Å². The largest absolute Gasteiger partial charge is 0.329 e. The number of anilines is 1. The highest BCUT2D eigenvalue weighted by Gasteiger charge is 2.13. The van der Waals surface area contributed by atoms with Crippen LogP contribution in [0.1, 0.15) is 5.69 Å². The molecule has 0 aliphatic rings. The Hall–Kier alpha value is -2.89. The first kappa shape index (κ1) is 14.1. The Bertz CT molecular complexity index is 908. The lowest BCUT2D eigenvalue weighted by atomic mass is 10.3. The molecule has 0 radical (unpaired) electrons. The van der Waals surface area contributed by atoms with Crippen molar-refractivity contribution >= 4 is 22.8 Å². The minimum atomic E-state index is -0.281. The van der Waals surface area contributed by atoms with Crippen LogP contribution in [0.15, 0.2) is 47.3 Å². The van der Waals surface area contributed by atoms with Crippen LogP contribution in [0.4, 0.5) is 5.82 Å². The summed E-state index contributed by atoms with van der Waals surface area (Å²) in [6.07, 6.45) is 0. The fourth-order valence-corrected chi connectivity index (χ4v) is 2.45. The van der Waals surface area contributed by atoms with E-state index in [1.807, 2.05) is 43.3 Å². The third kappa shape index (κ3) is 2.50. The molecule has 22 heavy (non-hydrogen) atoms. The minimum absolute atomic E-state index is 0.0458. The standard InChI is InChI=1S/C16H16N4O2/c1-11-6-5-9-14(17-11)18-15(21)10-20-13-8-4-3-7-12(13)19(2)16(20)22/h3-9H,10H2,1-2H3,(H,17,18,21). The molecule has 2 aromatic heterocycles. The number of fused-ring (bicyclic) bond motifs is 1.